The number of hydrogen-bond acceptors (Lipinski definition) is 4. The van der Waals surface area contributed by atoms with Gasteiger partial charge in [0, 0.05) is 12.4 Å². The van der Waals surface area contributed by atoms with Gasteiger partial charge in [-0.2, -0.15) is 4.72 Å². The van der Waals surface area contributed by atoms with Crippen LogP contribution in [-0.2, 0) is 14.8 Å². The van der Waals surface area contributed by atoms with E-state index >= 15 is 0 Å². The van der Waals surface area contributed by atoms with Crippen LogP contribution in [-0.4, -0.2) is 35.5 Å². The number of hydrogen-bond donors (Lipinski definition) is 3. The van der Waals surface area contributed by atoms with Crippen LogP contribution in [0.3, 0.4) is 0 Å². The molecule has 0 saturated carbocycles. The van der Waals surface area contributed by atoms with E-state index in [2.05, 4.69) is 14.7 Å². The van der Waals surface area contributed by atoms with Gasteiger partial charge in [0.15, 0.2) is 0 Å². The summed E-state index contributed by atoms with van der Waals surface area (Å²) in [6, 6.07) is 0.240. The maximum absolute atomic E-state index is 12.4. The summed E-state index contributed by atoms with van der Waals surface area (Å²) in [6.45, 7) is 3.23. The second-order valence-corrected chi connectivity index (χ2v) is 6.94. The summed E-state index contributed by atoms with van der Waals surface area (Å²) >= 11 is 6.00. The van der Waals surface area contributed by atoms with Gasteiger partial charge in [-0.1, -0.05) is 25.4 Å². The van der Waals surface area contributed by atoms with E-state index in [-0.39, 0.29) is 15.3 Å². The number of fused-ring (bicyclic) bond motifs is 1. The van der Waals surface area contributed by atoms with Gasteiger partial charge in [-0.3, -0.25) is 4.79 Å². The molecule has 0 bridgehead atoms. The Morgan fingerprint density at radius 2 is 2.14 bits per heavy atom. The molecule has 3 N–H and O–H groups in total. The Labute approximate surface area is 126 Å². The fourth-order valence-electron chi connectivity index (χ4n) is 1.90. The second kappa shape index (κ2) is 5.63. The third-order valence-electron chi connectivity index (χ3n) is 2.99. The molecule has 0 fully saturated rings. The van der Waals surface area contributed by atoms with Crippen molar-refractivity contribution in [2.75, 3.05) is 0 Å². The number of nitrogens with zero attached hydrogens (tertiary/aromatic N) is 1. The van der Waals surface area contributed by atoms with Crippen molar-refractivity contribution in [3.05, 3.63) is 23.5 Å². The zero-order chi connectivity index (χ0) is 15.8. The lowest BCUT2D eigenvalue weighted by molar-refractivity contribution is -0.140. The van der Waals surface area contributed by atoms with Crippen LogP contribution < -0.4 is 4.72 Å². The van der Waals surface area contributed by atoms with E-state index in [1.54, 1.807) is 13.8 Å². The molecule has 0 unspecified atom stereocenters. The number of pyridine rings is 1. The molecule has 2 rings (SSSR count). The van der Waals surface area contributed by atoms with Crippen molar-refractivity contribution < 1.29 is 18.3 Å². The van der Waals surface area contributed by atoms with E-state index < -0.39 is 28.0 Å². The predicted octanol–water partition coefficient (Wildman–Crippen LogP) is 1.60. The van der Waals surface area contributed by atoms with Crippen molar-refractivity contribution in [1.82, 2.24) is 14.7 Å². The molecule has 21 heavy (non-hydrogen) atoms. The van der Waals surface area contributed by atoms with E-state index in [1.165, 1.54) is 18.5 Å². The number of aromatic amines is 1. The summed E-state index contributed by atoms with van der Waals surface area (Å²) in [4.78, 5) is 17.7. The first kappa shape index (κ1) is 15.7. The Morgan fingerprint density at radius 3 is 2.71 bits per heavy atom. The van der Waals surface area contributed by atoms with E-state index in [0.29, 0.717) is 5.65 Å². The minimum atomic E-state index is -4.04. The van der Waals surface area contributed by atoms with Crippen molar-refractivity contribution in [1.29, 1.82) is 0 Å². The molecule has 0 aromatic carbocycles. The number of H-pyrrole nitrogens is 1. The largest absolute Gasteiger partial charge is 0.480 e. The molecule has 9 heteroatoms. The van der Waals surface area contributed by atoms with Gasteiger partial charge in [0.1, 0.15) is 16.6 Å². The number of rotatable bonds is 5. The van der Waals surface area contributed by atoms with Crippen molar-refractivity contribution in [3.63, 3.8) is 0 Å². The van der Waals surface area contributed by atoms with E-state index in [4.69, 9.17) is 16.7 Å². The van der Waals surface area contributed by atoms with Crippen LogP contribution in [0, 0.1) is 5.92 Å². The summed E-state index contributed by atoms with van der Waals surface area (Å²) < 4.78 is 27.0. The van der Waals surface area contributed by atoms with Crippen LogP contribution >= 0.6 is 11.6 Å². The van der Waals surface area contributed by atoms with Gasteiger partial charge in [-0.25, -0.2) is 13.4 Å². The van der Waals surface area contributed by atoms with Crippen LogP contribution in [0.5, 0.6) is 0 Å². The Kier molecular flexibility index (Phi) is 4.22. The van der Waals surface area contributed by atoms with Gasteiger partial charge in [0.2, 0.25) is 10.0 Å². The van der Waals surface area contributed by atoms with Gasteiger partial charge >= 0.3 is 5.97 Å². The number of aliphatic carboxylic acids is 1. The van der Waals surface area contributed by atoms with E-state index in [9.17, 15) is 13.2 Å². The fraction of sp³-hybridized carbons (Fsp3) is 0.333. The van der Waals surface area contributed by atoms with E-state index in [1.807, 2.05) is 0 Å². The molecule has 1 atom stereocenters. The van der Waals surface area contributed by atoms with Crippen molar-refractivity contribution in [2.45, 2.75) is 24.8 Å². The van der Waals surface area contributed by atoms with Gasteiger partial charge < -0.3 is 10.1 Å². The molecule has 0 saturated heterocycles. The first-order valence-electron chi connectivity index (χ1n) is 6.10. The van der Waals surface area contributed by atoms with Crippen LogP contribution in [0.25, 0.3) is 11.0 Å². The number of aromatic nitrogens is 2. The maximum Gasteiger partial charge on any atom is 0.322 e. The first-order valence-corrected chi connectivity index (χ1v) is 7.97. The SMILES string of the molecule is CC(C)[C@@H](NS(=O)(=O)c1c[nH]c2nccc(Cl)c12)C(=O)O. The molecule has 2 aromatic heterocycles. The minimum absolute atomic E-state index is 0.123. The molecule has 0 aliphatic rings. The van der Waals surface area contributed by atoms with Crippen molar-refractivity contribution in [3.8, 4) is 0 Å². The first-order chi connectivity index (χ1) is 9.74. The summed E-state index contributed by atoms with van der Waals surface area (Å²) in [5.74, 6) is -1.64. The van der Waals surface area contributed by atoms with Crippen LogP contribution in [0.2, 0.25) is 5.02 Å². The van der Waals surface area contributed by atoms with Crippen molar-refractivity contribution >= 4 is 38.6 Å². The third-order valence-corrected chi connectivity index (χ3v) is 4.77. The molecule has 0 radical (unpaired) electrons. The van der Waals surface area contributed by atoms with E-state index in [0.717, 1.165) is 0 Å². The Balaban J connectivity index is 2.50. The lowest BCUT2D eigenvalue weighted by atomic mass is 10.1. The number of carboxylic acids is 1. The number of carboxylic acid groups (broad SMARTS) is 1. The maximum atomic E-state index is 12.4. The summed E-state index contributed by atoms with van der Waals surface area (Å²) in [5.41, 5.74) is 0.319. The molecule has 0 aliphatic carbocycles. The average molecular weight is 332 g/mol. The molecule has 0 spiro atoms. The highest BCUT2D eigenvalue weighted by molar-refractivity contribution is 7.89. The summed E-state index contributed by atoms with van der Waals surface area (Å²) in [6.07, 6.45) is 2.68. The molecule has 0 amide bonds. The zero-order valence-corrected chi connectivity index (χ0v) is 12.9. The molecule has 7 nitrogen and oxygen atoms in total. The third kappa shape index (κ3) is 3.02. The summed E-state index contributed by atoms with van der Waals surface area (Å²) in [5, 5.41) is 9.56. The second-order valence-electron chi connectivity index (χ2n) is 4.85. The fourth-order valence-corrected chi connectivity index (χ4v) is 3.73. The monoisotopic (exact) mass is 331 g/mol. The summed E-state index contributed by atoms with van der Waals surface area (Å²) in [7, 11) is -4.04. The Hall–Kier alpha value is -1.64. The topological polar surface area (TPSA) is 112 Å². The van der Waals surface area contributed by atoms with Gasteiger partial charge in [-0.05, 0) is 12.0 Å². The van der Waals surface area contributed by atoms with Gasteiger partial charge in [-0.15, -0.1) is 0 Å². The lowest BCUT2D eigenvalue weighted by Gasteiger charge is -2.17. The van der Waals surface area contributed by atoms with Crippen LogP contribution in [0.4, 0.5) is 0 Å². The zero-order valence-electron chi connectivity index (χ0n) is 11.3. The highest BCUT2D eigenvalue weighted by Crippen LogP contribution is 2.28. The van der Waals surface area contributed by atoms with Gasteiger partial charge in [0.05, 0.1) is 10.4 Å². The minimum Gasteiger partial charge on any atom is -0.480 e. The molecular weight excluding hydrogens is 318 g/mol. The standard InChI is InChI=1S/C12H14ClN3O4S/c1-6(2)10(12(17)18)16-21(19,20)8-5-15-11-9(8)7(13)3-4-14-11/h3-6,10,16H,1-2H3,(H,14,15)(H,17,18)/t10-/m1/s1. The van der Waals surface area contributed by atoms with Crippen LogP contribution in [0.1, 0.15) is 13.8 Å². The number of carbonyl (C=O) groups is 1. The molecule has 2 aromatic rings. The van der Waals surface area contributed by atoms with Gasteiger partial charge in [0.25, 0.3) is 0 Å². The smallest absolute Gasteiger partial charge is 0.322 e. The van der Waals surface area contributed by atoms with Crippen LogP contribution in [0.15, 0.2) is 23.4 Å². The lowest BCUT2D eigenvalue weighted by Crippen LogP contribution is -2.44. The predicted molar refractivity (Wildman–Crippen MR) is 77.7 cm³/mol. The van der Waals surface area contributed by atoms with Crippen molar-refractivity contribution in [2.24, 2.45) is 5.92 Å². The molecular formula is C12H14ClN3O4S. The average Bonchev–Trinajstić information content (AvgIpc) is 2.81. The molecule has 0 aliphatic heterocycles. The quantitative estimate of drug-likeness (QED) is 0.770. The molecule has 2 heterocycles. The Bertz CT molecular complexity index is 785. The number of sulfonamides is 1. The Morgan fingerprint density at radius 1 is 1.48 bits per heavy atom. The number of halogens is 1. The highest BCUT2D eigenvalue weighted by atomic mass is 35.5. The number of nitrogens with one attached hydrogen (secondary N) is 2. The highest BCUT2D eigenvalue weighted by Gasteiger charge is 2.30. The normalized spacial score (nSPS) is 13.7. The molecule has 114 valence electrons.